The SMILES string of the molecule is O=C(NNC(=S)Nc1ccc(Cl)cc1)c1c[nH]c2ccccc12. The first-order valence-corrected chi connectivity index (χ1v) is 7.61. The van der Waals surface area contributed by atoms with Crippen molar-refractivity contribution in [3.63, 3.8) is 0 Å². The van der Waals surface area contributed by atoms with Crippen molar-refractivity contribution in [1.82, 2.24) is 15.8 Å². The summed E-state index contributed by atoms with van der Waals surface area (Å²) in [7, 11) is 0. The topological polar surface area (TPSA) is 69.0 Å². The van der Waals surface area contributed by atoms with Gasteiger partial charge in [0, 0.05) is 27.8 Å². The number of aromatic amines is 1. The number of carbonyl (C=O) groups is 1. The zero-order valence-corrected chi connectivity index (χ0v) is 13.5. The van der Waals surface area contributed by atoms with Crippen molar-refractivity contribution in [1.29, 1.82) is 0 Å². The molecule has 3 rings (SSSR count). The highest BCUT2D eigenvalue weighted by Crippen LogP contribution is 2.17. The van der Waals surface area contributed by atoms with Crippen LogP contribution in [0.5, 0.6) is 0 Å². The molecule has 1 heterocycles. The van der Waals surface area contributed by atoms with Crippen molar-refractivity contribution in [2.24, 2.45) is 0 Å². The number of thiocarbonyl (C=S) groups is 1. The number of amides is 1. The van der Waals surface area contributed by atoms with E-state index in [1.54, 1.807) is 30.5 Å². The van der Waals surface area contributed by atoms with E-state index in [4.69, 9.17) is 23.8 Å². The second kappa shape index (κ2) is 6.68. The smallest absolute Gasteiger partial charge is 0.271 e. The number of hydrogen-bond acceptors (Lipinski definition) is 2. The van der Waals surface area contributed by atoms with Crippen LogP contribution in [0.15, 0.2) is 54.7 Å². The van der Waals surface area contributed by atoms with E-state index < -0.39 is 0 Å². The molecule has 3 aromatic rings. The Bertz CT molecular complexity index is 860. The van der Waals surface area contributed by atoms with Crippen molar-refractivity contribution in [3.05, 3.63) is 65.3 Å². The molecule has 116 valence electrons. The molecular formula is C16H13ClN4OS. The molecule has 2 aromatic carbocycles. The Kier molecular flexibility index (Phi) is 4.45. The number of aromatic nitrogens is 1. The quantitative estimate of drug-likeness (QED) is 0.424. The fourth-order valence-electron chi connectivity index (χ4n) is 2.14. The molecule has 0 aliphatic heterocycles. The summed E-state index contributed by atoms with van der Waals surface area (Å²) in [5.41, 5.74) is 7.46. The van der Waals surface area contributed by atoms with Crippen LogP contribution in [0.1, 0.15) is 10.4 Å². The van der Waals surface area contributed by atoms with E-state index >= 15 is 0 Å². The van der Waals surface area contributed by atoms with Crippen molar-refractivity contribution in [3.8, 4) is 0 Å². The minimum Gasteiger partial charge on any atom is -0.360 e. The molecule has 23 heavy (non-hydrogen) atoms. The summed E-state index contributed by atoms with van der Waals surface area (Å²) in [5, 5.41) is 4.72. The van der Waals surface area contributed by atoms with Crippen molar-refractivity contribution in [2.45, 2.75) is 0 Å². The highest BCUT2D eigenvalue weighted by molar-refractivity contribution is 7.80. The summed E-state index contributed by atoms with van der Waals surface area (Å²) >= 11 is 11.0. The number of fused-ring (bicyclic) bond motifs is 1. The molecule has 0 bridgehead atoms. The van der Waals surface area contributed by atoms with Gasteiger partial charge in [-0.25, -0.2) is 0 Å². The maximum atomic E-state index is 12.2. The summed E-state index contributed by atoms with van der Waals surface area (Å²) in [5.74, 6) is -0.275. The lowest BCUT2D eigenvalue weighted by Gasteiger charge is -2.11. The summed E-state index contributed by atoms with van der Waals surface area (Å²) < 4.78 is 0. The Hall–Kier alpha value is -2.57. The van der Waals surface area contributed by atoms with Gasteiger partial charge >= 0.3 is 0 Å². The maximum Gasteiger partial charge on any atom is 0.271 e. The van der Waals surface area contributed by atoms with Gasteiger partial charge in [0.2, 0.25) is 0 Å². The Balaban J connectivity index is 1.60. The number of H-pyrrole nitrogens is 1. The van der Waals surface area contributed by atoms with Gasteiger partial charge < -0.3 is 10.3 Å². The van der Waals surface area contributed by atoms with Gasteiger partial charge in [-0.1, -0.05) is 29.8 Å². The molecule has 4 N–H and O–H groups in total. The van der Waals surface area contributed by atoms with Crippen LogP contribution in [0.3, 0.4) is 0 Å². The number of benzene rings is 2. The number of nitrogens with one attached hydrogen (secondary N) is 4. The average Bonchev–Trinajstić information content (AvgIpc) is 2.99. The number of rotatable bonds is 2. The number of para-hydroxylation sites is 1. The van der Waals surface area contributed by atoms with E-state index in [2.05, 4.69) is 21.2 Å². The number of carbonyl (C=O) groups excluding carboxylic acids is 1. The summed E-state index contributed by atoms with van der Waals surface area (Å²) in [6.45, 7) is 0. The molecule has 0 aliphatic rings. The third kappa shape index (κ3) is 3.61. The van der Waals surface area contributed by atoms with Crippen LogP contribution in [0, 0.1) is 0 Å². The molecule has 0 radical (unpaired) electrons. The standard InChI is InChI=1S/C16H13ClN4OS/c17-10-5-7-11(8-6-10)19-16(23)21-20-15(22)13-9-18-14-4-2-1-3-12(13)14/h1-9,18H,(H,20,22)(H2,19,21,23). The Labute approximate surface area is 143 Å². The second-order valence-electron chi connectivity index (χ2n) is 4.79. The van der Waals surface area contributed by atoms with Crippen LogP contribution in [-0.2, 0) is 0 Å². The lowest BCUT2D eigenvalue weighted by Crippen LogP contribution is -2.43. The monoisotopic (exact) mass is 344 g/mol. The van der Waals surface area contributed by atoms with E-state index in [9.17, 15) is 4.79 Å². The van der Waals surface area contributed by atoms with Crippen LogP contribution in [0.25, 0.3) is 10.9 Å². The third-order valence-electron chi connectivity index (χ3n) is 3.23. The Morgan fingerprint density at radius 1 is 1.04 bits per heavy atom. The molecule has 1 aromatic heterocycles. The van der Waals surface area contributed by atoms with Crippen molar-refractivity contribution >= 4 is 51.4 Å². The molecule has 0 fully saturated rings. The lowest BCUT2D eigenvalue weighted by molar-refractivity contribution is 0.0946. The fourth-order valence-corrected chi connectivity index (χ4v) is 2.43. The van der Waals surface area contributed by atoms with Gasteiger partial charge in [0.25, 0.3) is 5.91 Å². The lowest BCUT2D eigenvalue weighted by atomic mass is 10.2. The minimum absolute atomic E-state index is 0.275. The molecule has 0 unspecified atom stereocenters. The number of anilines is 1. The van der Waals surface area contributed by atoms with Crippen LogP contribution in [0.2, 0.25) is 5.02 Å². The molecule has 0 aliphatic carbocycles. The van der Waals surface area contributed by atoms with E-state index in [-0.39, 0.29) is 11.0 Å². The van der Waals surface area contributed by atoms with E-state index in [0.717, 1.165) is 16.6 Å². The van der Waals surface area contributed by atoms with Crippen LogP contribution < -0.4 is 16.2 Å². The molecule has 0 saturated carbocycles. The highest BCUT2D eigenvalue weighted by atomic mass is 35.5. The zero-order valence-electron chi connectivity index (χ0n) is 11.9. The summed E-state index contributed by atoms with van der Waals surface area (Å²) in [6, 6.07) is 14.7. The molecule has 7 heteroatoms. The van der Waals surface area contributed by atoms with Crippen LogP contribution in [0.4, 0.5) is 5.69 Å². The maximum absolute atomic E-state index is 12.2. The Morgan fingerprint density at radius 2 is 1.78 bits per heavy atom. The van der Waals surface area contributed by atoms with E-state index in [1.165, 1.54) is 0 Å². The highest BCUT2D eigenvalue weighted by Gasteiger charge is 2.11. The minimum atomic E-state index is -0.275. The molecule has 1 amide bonds. The fraction of sp³-hybridized carbons (Fsp3) is 0. The predicted molar refractivity (Wildman–Crippen MR) is 96.6 cm³/mol. The van der Waals surface area contributed by atoms with Gasteiger partial charge in [-0.05, 0) is 42.5 Å². The second-order valence-corrected chi connectivity index (χ2v) is 5.63. The number of halogens is 1. The van der Waals surface area contributed by atoms with Gasteiger partial charge in [-0.3, -0.25) is 15.6 Å². The van der Waals surface area contributed by atoms with Gasteiger partial charge in [0.1, 0.15) is 0 Å². The average molecular weight is 345 g/mol. The van der Waals surface area contributed by atoms with E-state index in [1.807, 2.05) is 24.3 Å². The van der Waals surface area contributed by atoms with Crippen LogP contribution >= 0.6 is 23.8 Å². The zero-order chi connectivity index (χ0) is 16.2. The molecule has 5 nitrogen and oxygen atoms in total. The first-order valence-electron chi connectivity index (χ1n) is 6.82. The number of hydrazine groups is 1. The first-order chi connectivity index (χ1) is 11.1. The van der Waals surface area contributed by atoms with Gasteiger partial charge in [0.05, 0.1) is 5.56 Å². The summed E-state index contributed by atoms with van der Waals surface area (Å²) in [4.78, 5) is 15.3. The van der Waals surface area contributed by atoms with Gasteiger partial charge in [-0.15, -0.1) is 0 Å². The molecule has 0 atom stereocenters. The van der Waals surface area contributed by atoms with Gasteiger partial charge in [0.15, 0.2) is 5.11 Å². The molecule has 0 spiro atoms. The van der Waals surface area contributed by atoms with Crippen LogP contribution in [-0.4, -0.2) is 16.0 Å². The summed E-state index contributed by atoms with van der Waals surface area (Å²) in [6.07, 6.45) is 1.66. The molecule has 0 saturated heterocycles. The number of hydrogen-bond donors (Lipinski definition) is 4. The van der Waals surface area contributed by atoms with E-state index in [0.29, 0.717) is 10.6 Å². The van der Waals surface area contributed by atoms with Gasteiger partial charge in [-0.2, -0.15) is 0 Å². The normalized spacial score (nSPS) is 10.3. The van der Waals surface area contributed by atoms with Crippen molar-refractivity contribution < 1.29 is 4.79 Å². The van der Waals surface area contributed by atoms with Crippen molar-refractivity contribution in [2.75, 3.05) is 5.32 Å². The Morgan fingerprint density at radius 3 is 2.57 bits per heavy atom. The predicted octanol–water partition coefficient (Wildman–Crippen LogP) is 3.45. The first kappa shape index (κ1) is 15.3. The third-order valence-corrected chi connectivity index (χ3v) is 3.68. The molecular weight excluding hydrogens is 332 g/mol. The largest absolute Gasteiger partial charge is 0.360 e.